The monoisotopic (exact) mass is 336 g/mol. The zero-order valence-electron chi connectivity index (χ0n) is 13.8. The highest BCUT2D eigenvalue weighted by molar-refractivity contribution is 7.92. The molecule has 1 saturated heterocycles. The molecule has 0 bridgehead atoms. The van der Waals surface area contributed by atoms with Crippen LogP contribution >= 0.6 is 0 Å². The van der Waals surface area contributed by atoms with E-state index in [4.69, 9.17) is 0 Å². The highest BCUT2D eigenvalue weighted by Gasteiger charge is 2.24. The van der Waals surface area contributed by atoms with E-state index in [-0.39, 0.29) is 5.75 Å². The van der Waals surface area contributed by atoms with Crippen LogP contribution in [-0.2, 0) is 16.4 Å². The van der Waals surface area contributed by atoms with E-state index in [9.17, 15) is 8.42 Å². The minimum absolute atomic E-state index is 0.269. The van der Waals surface area contributed by atoms with Gasteiger partial charge in [0.1, 0.15) is 0 Å². The number of nitrogens with zero attached hydrogens (tertiary/aromatic N) is 1. The summed E-state index contributed by atoms with van der Waals surface area (Å²) in [4.78, 5) is 2.51. The van der Waals surface area contributed by atoms with Crippen molar-refractivity contribution in [2.24, 2.45) is 5.92 Å². The van der Waals surface area contributed by atoms with Crippen LogP contribution < -0.4 is 4.72 Å². The fourth-order valence-electron chi connectivity index (χ4n) is 3.45. The highest BCUT2D eigenvalue weighted by atomic mass is 32.2. The molecule has 0 unspecified atom stereocenters. The van der Waals surface area contributed by atoms with Gasteiger partial charge in [0.05, 0.1) is 5.75 Å². The van der Waals surface area contributed by atoms with Crippen LogP contribution in [0, 0.1) is 5.92 Å². The fraction of sp³-hybridized carbons (Fsp3) is 0.667. The maximum absolute atomic E-state index is 12.2. The minimum atomic E-state index is -3.21. The van der Waals surface area contributed by atoms with Crippen molar-refractivity contribution in [2.75, 3.05) is 30.1 Å². The molecule has 1 aliphatic heterocycles. The Morgan fingerprint density at radius 2 is 1.87 bits per heavy atom. The Labute approximate surface area is 140 Å². The van der Waals surface area contributed by atoms with Gasteiger partial charge in [-0.15, -0.1) is 0 Å². The fourth-order valence-corrected chi connectivity index (χ4v) is 4.97. The van der Waals surface area contributed by atoms with E-state index < -0.39 is 10.0 Å². The summed E-state index contributed by atoms with van der Waals surface area (Å²) in [6.45, 7) is 3.47. The summed E-state index contributed by atoms with van der Waals surface area (Å²) in [6, 6.07) is 7.88. The van der Waals surface area contributed by atoms with E-state index >= 15 is 0 Å². The lowest BCUT2D eigenvalue weighted by Gasteiger charge is -2.26. The summed E-state index contributed by atoms with van der Waals surface area (Å²) in [5.41, 5.74) is 1.92. The molecule has 1 aromatic rings. The quantitative estimate of drug-likeness (QED) is 0.831. The molecule has 1 aromatic carbocycles. The second-order valence-electron chi connectivity index (χ2n) is 7.03. The van der Waals surface area contributed by atoms with E-state index in [1.165, 1.54) is 44.3 Å². The molecular formula is C18H28N2O2S. The Kier molecular flexibility index (Phi) is 5.59. The Bertz CT molecular complexity index is 605. The first-order valence-corrected chi connectivity index (χ1v) is 10.6. The third-order valence-electron chi connectivity index (χ3n) is 5.05. The Balaban J connectivity index is 1.53. The van der Waals surface area contributed by atoms with Gasteiger partial charge >= 0.3 is 0 Å². The third-order valence-corrected chi connectivity index (χ3v) is 6.50. The van der Waals surface area contributed by atoms with Gasteiger partial charge in [-0.3, -0.25) is 4.72 Å². The number of benzene rings is 1. The average Bonchev–Trinajstić information content (AvgIpc) is 2.50. The molecule has 4 nitrogen and oxygen atoms in total. The SMILES string of the molecule is O=S(=O)(CC1CCC1)Nc1cccc(CCN2CCCCC2)c1. The molecule has 0 atom stereocenters. The number of piperidine rings is 1. The zero-order valence-corrected chi connectivity index (χ0v) is 14.7. The largest absolute Gasteiger partial charge is 0.303 e. The second kappa shape index (κ2) is 7.67. The number of nitrogens with one attached hydrogen (secondary N) is 1. The van der Waals surface area contributed by atoms with Gasteiger partial charge in [0.25, 0.3) is 0 Å². The summed E-state index contributed by atoms with van der Waals surface area (Å²) >= 11 is 0. The molecule has 3 rings (SSSR count). The van der Waals surface area contributed by atoms with Crippen molar-refractivity contribution in [1.82, 2.24) is 4.90 Å². The zero-order chi connectivity index (χ0) is 16.1. The topological polar surface area (TPSA) is 49.4 Å². The predicted molar refractivity (Wildman–Crippen MR) is 95.2 cm³/mol. The van der Waals surface area contributed by atoms with Gasteiger partial charge in [0.15, 0.2) is 0 Å². The van der Waals surface area contributed by atoms with Crippen LogP contribution in [0.5, 0.6) is 0 Å². The second-order valence-corrected chi connectivity index (χ2v) is 8.80. The summed E-state index contributed by atoms with van der Waals surface area (Å²) in [7, 11) is -3.21. The first-order chi connectivity index (χ1) is 11.1. The van der Waals surface area contributed by atoms with Crippen LogP contribution in [0.15, 0.2) is 24.3 Å². The highest BCUT2D eigenvalue weighted by Crippen LogP contribution is 2.28. The van der Waals surface area contributed by atoms with Crippen LogP contribution in [-0.4, -0.2) is 38.7 Å². The number of sulfonamides is 1. The van der Waals surface area contributed by atoms with Crippen molar-refractivity contribution in [1.29, 1.82) is 0 Å². The maximum atomic E-state index is 12.2. The minimum Gasteiger partial charge on any atom is -0.303 e. The molecule has 0 spiro atoms. The van der Waals surface area contributed by atoms with Crippen molar-refractivity contribution in [3.63, 3.8) is 0 Å². The Morgan fingerprint density at radius 3 is 2.57 bits per heavy atom. The molecule has 23 heavy (non-hydrogen) atoms. The van der Waals surface area contributed by atoms with E-state index in [1.807, 2.05) is 18.2 Å². The Morgan fingerprint density at radius 1 is 1.09 bits per heavy atom. The molecule has 0 radical (unpaired) electrons. The standard InChI is InChI=1S/C18H28N2O2S/c21-23(22,15-17-7-4-8-17)19-18-9-5-6-16(14-18)10-13-20-11-2-1-3-12-20/h5-6,9,14,17,19H,1-4,7-8,10-13,15H2. The number of hydrogen-bond donors (Lipinski definition) is 1. The van der Waals surface area contributed by atoms with E-state index in [0.717, 1.165) is 25.8 Å². The first kappa shape index (κ1) is 16.8. The van der Waals surface area contributed by atoms with Crippen LogP contribution in [0.25, 0.3) is 0 Å². The van der Waals surface area contributed by atoms with Crippen LogP contribution in [0.1, 0.15) is 44.1 Å². The molecule has 1 heterocycles. The van der Waals surface area contributed by atoms with Crippen molar-refractivity contribution in [2.45, 2.75) is 44.9 Å². The number of likely N-dealkylation sites (tertiary alicyclic amines) is 1. The van der Waals surface area contributed by atoms with Crippen LogP contribution in [0.2, 0.25) is 0 Å². The molecule has 0 aromatic heterocycles. The first-order valence-electron chi connectivity index (χ1n) is 8.92. The van der Waals surface area contributed by atoms with Gasteiger partial charge in [0, 0.05) is 12.2 Å². The van der Waals surface area contributed by atoms with Gasteiger partial charge in [-0.1, -0.05) is 25.0 Å². The average molecular weight is 337 g/mol. The molecule has 1 aliphatic carbocycles. The lowest BCUT2D eigenvalue weighted by atomic mass is 9.87. The van der Waals surface area contributed by atoms with Gasteiger partial charge in [-0.2, -0.15) is 0 Å². The molecule has 128 valence electrons. The predicted octanol–water partition coefficient (Wildman–Crippen LogP) is 3.26. The van der Waals surface area contributed by atoms with Crippen LogP contribution in [0.4, 0.5) is 5.69 Å². The number of anilines is 1. The molecule has 1 N–H and O–H groups in total. The number of hydrogen-bond acceptors (Lipinski definition) is 3. The molecule has 1 saturated carbocycles. The summed E-state index contributed by atoms with van der Waals surface area (Å²) in [6.07, 6.45) is 8.23. The molecule has 0 amide bonds. The number of rotatable bonds is 7. The van der Waals surface area contributed by atoms with Crippen molar-refractivity contribution in [3.05, 3.63) is 29.8 Å². The summed E-state index contributed by atoms with van der Waals surface area (Å²) in [5, 5.41) is 0. The third kappa shape index (κ3) is 5.21. The smallest absolute Gasteiger partial charge is 0.232 e. The van der Waals surface area contributed by atoms with E-state index in [0.29, 0.717) is 11.6 Å². The van der Waals surface area contributed by atoms with E-state index in [2.05, 4.69) is 15.7 Å². The van der Waals surface area contributed by atoms with Crippen molar-refractivity contribution in [3.8, 4) is 0 Å². The Hall–Kier alpha value is -1.07. The van der Waals surface area contributed by atoms with Crippen LogP contribution in [0.3, 0.4) is 0 Å². The molecule has 5 heteroatoms. The molecule has 2 fully saturated rings. The lowest BCUT2D eigenvalue weighted by molar-refractivity contribution is 0.231. The van der Waals surface area contributed by atoms with Crippen molar-refractivity contribution < 1.29 is 8.42 Å². The van der Waals surface area contributed by atoms with Gasteiger partial charge < -0.3 is 4.90 Å². The van der Waals surface area contributed by atoms with Gasteiger partial charge in [0.2, 0.25) is 10.0 Å². The molecular weight excluding hydrogens is 308 g/mol. The van der Waals surface area contributed by atoms with Gasteiger partial charge in [-0.05, 0) is 68.8 Å². The van der Waals surface area contributed by atoms with Gasteiger partial charge in [-0.25, -0.2) is 8.42 Å². The lowest BCUT2D eigenvalue weighted by Crippen LogP contribution is -2.31. The van der Waals surface area contributed by atoms with Crippen molar-refractivity contribution >= 4 is 15.7 Å². The normalized spacial score (nSPS) is 20.2. The maximum Gasteiger partial charge on any atom is 0.232 e. The molecule has 2 aliphatic rings. The van der Waals surface area contributed by atoms with E-state index in [1.54, 1.807) is 0 Å². The summed E-state index contributed by atoms with van der Waals surface area (Å²) < 4.78 is 27.2. The summed E-state index contributed by atoms with van der Waals surface area (Å²) in [5.74, 6) is 0.625.